The molecule has 5 nitrogen and oxygen atoms in total. The maximum absolute atomic E-state index is 11.4. The van der Waals surface area contributed by atoms with Gasteiger partial charge in [0.25, 0.3) is 0 Å². The van der Waals surface area contributed by atoms with E-state index in [4.69, 9.17) is 0 Å². The minimum atomic E-state index is 0.0421. The molecule has 0 spiro atoms. The smallest absolute Gasteiger partial charge is 0.222 e. The van der Waals surface area contributed by atoms with Crippen LogP contribution in [-0.4, -0.2) is 28.4 Å². The van der Waals surface area contributed by atoms with Gasteiger partial charge in [0.2, 0.25) is 5.91 Å². The number of carbonyl (C=O) groups is 1. The van der Waals surface area contributed by atoms with Gasteiger partial charge in [0, 0.05) is 36.6 Å². The lowest BCUT2D eigenvalue weighted by molar-refractivity contribution is -0.123. The van der Waals surface area contributed by atoms with Crippen LogP contribution in [0.1, 0.15) is 30.1 Å². The first-order chi connectivity index (χ1) is 9.49. The zero-order valence-corrected chi connectivity index (χ0v) is 13.3. The molecule has 0 atom stereocenters. The van der Waals surface area contributed by atoms with Crippen LogP contribution >= 0.6 is 11.3 Å². The lowest BCUT2D eigenvalue weighted by Gasteiger charge is -2.08. The number of thiazole rings is 1. The van der Waals surface area contributed by atoms with Crippen LogP contribution in [0, 0.1) is 19.8 Å². The molecule has 110 valence electrons. The summed E-state index contributed by atoms with van der Waals surface area (Å²) >= 11 is 1.71. The SMILES string of the molecule is Cc1cn2c(CNCCNC(=O)C(C)C)c(C)nc2s1. The van der Waals surface area contributed by atoms with Crippen molar-refractivity contribution in [2.24, 2.45) is 5.92 Å². The molecule has 20 heavy (non-hydrogen) atoms. The van der Waals surface area contributed by atoms with Gasteiger partial charge < -0.3 is 10.6 Å². The number of rotatable bonds is 6. The molecule has 0 saturated carbocycles. The van der Waals surface area contributed by atoms with Crippen molar-refractivity contribution in [2.75, 3.05) is 13.1 Å². The average Bonchev–Trinajstić information content (AvgIpc) is 2.85. The summed E-state index contributed by atoms with van der Waals surface area (Å²) < 4.78 is 2.15. The van der Waals surface area contributed by atoms with Crippen LogP contribution in [-0.2, 0) is 11.3 Å². The van der Waals surface area contributed by atoms with Gasteiger partial charge in [-0.1, -0.05) is 13.8 Å². The molecule has 0 aliphatic carbocycles. The Hall–Kier alpha value is -1.40. The van der Waals surface area contributed by atoms with Gasteiger partial charge in [0.1, 0.15) is 0 Å². The molecule has 6 heteroatoms. The lowest BCUT2D eigenvalue weighted by Crippen LogP contribution is -2.34. The van der Waals surface area contributed by atoms with E-state index in [0.717, 1.165) is 23.7 Å². The minimum absolute atomic E-state index is 0.0421. The van der Waals surface area contributed by atoms with Crippen LogP contribution in [0.3, 0.4) is 0 Å². The molecule has 2 rings (SSSR count). The van der Waals surface area contributed by atoms with E-state index in [1.165, 1.54) is 10.6 Å². The van der Waals surface area contributed by atoms with Gasteiger partial charge in [-0.2, -0.15) is 0 Å². The van der Waals surface area contributed by atoms with Gasteiger partial charge in [-0.3, -0.25) is 9.20 Å². The second-order valence-corrected chi connectivity index (χ2v) is 6.47. The van der Waals surface area contributed by atoms with E-state index < -0.39 is 0 Å². The summed E-state index contributed by atoms with van der Waals surface area (Å²) in [5, 5.41) is 6.25. The minimum Gasteiger partial charge on any atom is -0.355 e. The van der Waals surface area contributed by atoms with Gasteiger partial charge in [0.05, 0.1) is 11.4 Å². The molecule has 0 unspecified atom stereocenters. The Morgan fingerprint density at radius 1 is 1.40 bits per heavy atom. The van der Waals surface area contributed by atoms with Crippen molar-refractivity contribution in [3.63, 3.8) is 0 Å². The number of hydrogen-bond acceptors (Lipinski definition) is 4. The first-order valence-electron chi connectivity index (χ1n) is 6.91. The van der Waals surface area contributed by atoms with E-state index in [1.54, 1.807) is 11.3 Å². The highest BCUT2D eigenvalue weighted by Crippen LogP contribution is 2.20. The third kappa shape index (κ3) is 3.37. The van der Waals surface area contributed by atoms with Crippen LogP contribution in [0.4, 0.5) is 0 Å². The highest BCUT2D eigenvalue weighted by atomic mass is 32.1. The Labute approximate surface area is 123 Å². The summed E-state index contributed by atoms with van der Waals surface area (Å²) in [7, 11) is 0. The molecule has 1 amide bonds. The quantitative estimate of drug-likeness (QED) is 0.800. The zero-order chi connectivity index (χ0) is 14.7. The van der Waals surface area contributed by atoms with E-state index in [9.17, 15) is 4.79 Å². The summed E-state index contributed by atoms with van der Waals surface area (Å²) in [5.74, 6) is 0.142. The number of imidazole rings is 1. The van der Waals surface area contributed by atoms with Crippen LogP contribution < -0.4 is 10.6 Å². The van der Waals surface area contributed by atoms with E-state index in [-0.39, 0.29) is 11.8 Å². The number of hydrogen-bond donors (Lipinski definition) is 2. The Morgan fingerprint density at radius 3 is 2.85 bits per heavy atom. The standard InChI is InChI=1S/C14H22N4OS/c1-9(2)13(19)16-6-5-15-7-12-11(4)17-14-18(12)8-10(3)20-14/h8-9,15H,5-7H2,1-4H3,(H,16,19). The van der Waals surface area contributed by atoms with Gasteiger partial charge in [0.15, 0.2) is 4.96 Å². The van der Waals surface area contributed by atoms with E-state index in [0.29, 0.717) is 6.54 Å². The largest absolute Gasteiger partial charge is 0.355 e. The van der Waals surface area contributed by atoms with Gasteiger partial charge in [-0.05, 0) is 13.8 Å². The van der Waals surface area contributed by atoms with Crippen molar-refractivity contribution < 1.29 is 4.79 Å². The first-order valence-corrected chi connectivity index (χ1v) is 7.73. The molecule has 0 fully saturated rings. The summed E-state index contributed by atoms with van der Waals surface area (Å²) in [6.45, 7) is 10.1. The maximum Gasteiger partial charge on any atom is 0.222 e. The van der Waals surface area contributed by atoms with Crippen molar-refractivity contribution in [1.82, 2.24) is 20.0 Å². The predicted molar refractivity (Wildman–Crippen MR) is 82.1 cm³/mol. The summed E-state index contributed by atoms with van der Waals surface area (Å²) in [4.78, 5) is 18.3. The monoisotopic (exact) mass is 294 g/mol. The fourth-order valence-corrected chi connectivity index (χ4v) is 2.90. The van der Waals surface area contributed by atoms with Crippen LogP contribution in [0.5, 0.6) is 0 Å². The normalized spacial score (nSPS) is 11.4. The van der Waals surface area contributed by atoms with Crippen molar-refractivity contribution in [3.05, 3.63) is 22.5 Å². The molecule has 2 heterocycles. The third-order valence-corrected chi connectivity index (χ3v) is 4.06. The molecule has 0 bridgehead atoms. The molecule has 0 saturated heterocycles. The summed E-state index contributed by atoms with van der Waals surface area (Å²) in [6, 6.07) is 0. The molecule has 2 N–H and O–H groups in total. The Bertz CT molecular complexity index is 600. The Kier molecular flexibility index (Phi) is 4.77. The number of aromatic nitrogens is 2. The maximum atomic E-state index is 11.4. The van der Waals surface area contributed by atoms with Gasteiger partial charge in [-0.25, -0.2) is 4.98 Å². The topological polar surface area (TPSA) is 58.4 Å². The number of nitrogens with zero attached hydrogens (tertiary/aromatic N) is 2. The molecule has 0 aliphatic rings. The Balaban J connectivity index is 1.84. The number of fused-ring (bicyclic) bond motifs is 1. The number of aryl methyl sites for hydroxylation is 2. The van der Waals surface area contributed by atoms with Crippen LogP contribution in [0.2, 0.25) is 0 Å². The predicted octanol–water partition coefficient (Wildman–Crippen LogP) is 1.87. The summed E-state index contributed by atoms with van der Waals surface area (Å²) in [5.41, 5.74) is 2.26. The van der Waals surface area contributed by atoms with Crippen molar-refractivity contribution in [2.45, 2.75) is 34.2 Å². The highest BCUT2D eigenvalue weighted by molar-refractivity contribution is 7.17. The van der Waals surface area contributed by atoms with Crippen molar-refractivity contribution in [1.29, 1.82) is 0 Å². The molecular weight excluding hydrogens is 272 g/mol. The van der Waals surface area contributed by atoms with Crippen LogP contribution in [0.25, 0.3) is 4.96 Å². The van der Waals surface area contributed by atoms with E-state index >= 15 is 0 Å². The third-order valence-electron chi connectivity index (χ3n) is 3.16. The summed E-state index contributed by atoms with van der Waals surface area (Å²) in [6.07, 6.45) is 2.12. The Morgan fingerprint density at radius 2 is 2.15 bits per heavy atom. The molecule has 2 aromatic heterocycles. The second kappa shape index (κ2) is 6.37. The van der Waals surface area contributed by atoms with E-state index in [1.807, 2.05) is 20.8 Å². The van der Waals surface area contributed by atoms with Gasteiger partial charge >= 0.3 is 0 Å². The van der Waals surface area contributed by atoms with Crippen molar-refractivity contribution in [3.8, 4) is 0 Å². The molecule has 0 aromatic carbocycles. The van der Waals surface area contributed by atoms with E-state index in [2.05, 4.69) is 33.1 Å². The fraction of sp³-hybridized carbons (Fsp3) is 0.571. The lowest BCUT2D eigenvalue weighted by atomic mass is 10.2. The number of amides is 1. The highest BCUT2D eigenvalue weighted by Gasteiger charge is 2.10. The zero-order valence-electron chi connectivity index (χ0n) is 12.5. The number of carbonyl (C=O) groups excluding carboxylic acids is 1. The van der Waals surface area contributed by atoms with Crippen molar-refractivity contribution >= 4 is 22.2 Å². The van der Waals surface area contributed by atoms with Gasteiger partial charge in [-0.15, -0.1) is 11.3 Å². The first kappa shape index (κ1) is 15.0. The molecular formula is C14H22N4OS. The second-order valence-electron chi connectivity index (χ2n) is 5.26. The molecule has 2 aromatic rings. The number of nitrogens with one attached hydrogen (secondary N) is 2. The average molecular weight is 294 g/mol. The molecule has 0 aliphatic heterocycles. The van der Waals surface area contributed by atoms with Crippen LogP contribution in [0.15, 0.2) is 6.20 Å². The molecule has 0 radical (unpaired) electrons. The fourth-order valence-electron chi connectivity index (χ4n) is 2.01.